The Morgan fingerprint density at radius 2 is 2.05 bits per heavy atom. The Morgan fingerprint density at radius 1 is 1.37 bits per heavy atom. The van der Waals surface area contributed by atoms with Gasteiger partial charge in [-0.05, 0) is 6.07 Å². The second-order valence-electron chi connectivity index (χ2n) is 4.01. The Morgan fingerprint density at radius 3 is 2.68 bits per heavy atom. The lowest BCUT2D eigenvalue weighted by Gasteiger charge is -2.07. The van der Waals surface area contributed by atoms with Gasteiger partial charge >= 0.3 is 0 Å². The van der Waals surface area contributed by atoms with Crippen molar-refractivity contribution in [1.29, 1.82) is 0 Å². The molecule has 2 aromatic rings. The molecule has 2 aromatic heterocycles. The Bertz CT molecular complexity index is 638. The van der Waals surface area contributed by atoms with Crippen molar-refractivity contribution in [1.82, 2.24) is 19.7 Å². The summed E-state index contributed by atoms with van der Waals surface area (Å²) < 4.78 is 27.6. The number of hydrogen-bond acceptors (Lipinski definition) is 4. The molecule has 1 amide bonds. The summed E-state index contributed by atoms with van der Waals surface area (Å²) in [6.07, 6.45) is 1.35. The van der Waals surface area contributed by atoms with Gasteiger partial charge in [0.1, 0.15) is 0 Å². The Hall–Kier alpha value is -2.51. The minimum absolute atomic E-state index is 0.120. The van der Waals surface area contributed by atoms with Crippen LogP contribution in [0.2, 0.25) is 0 Å². The average molecular weight is 267 g/mol. The highest BCUT2D eigenvalue weighted by Gasteiger charge is 2.16. The first kappa shape index (κ1) is 12.9. The molecule has 0 unspecified atom stereocenters. The standard InChI is InChI=1S/C11H11F2N5O/c1-17(2)11(19)8-3-4-18(16-8)10-7(13)5-6(12)9(14)15-10/h3-5H,1-2H3,(H2,14,15). The number of nitrogens with zero attached hydrogens (tertiary/aromatic N) is 4. The van der Waals surface area contributed by atoms with Gasteiger partial charge in [0.25, 0.3) is 5.91 Å². The van der Waals surface area contributed by atoms with Crippen LogP contribution in [0.4, 0.5) is 14.6 Å². The third-order valence-corrected chi connectivity index (χ3v) is 2.37. The molecule has 0 aliphatic heterocycles. The smallest absolute Gasteiger partial charge is 0.273 e. The second-order valence-corrected chi connectivity index (χ2v) is 4.01. The van der Waals surface area contributed by atoms with E-state index < -0.39 is 17.5 Å². The molecule has 0 spiro atoms. The minimum Gasteiger partial charge on any atom is -0.381 e. The fraction of sp³-hybridized carbons (Fsp3) is 0.182. The Balaban J connectivity index is 2.44. The zero-order valence-corrected chi connectivity index (χ0v) is 10.3. The van der Waals surface area contributed by atoms with E-state index in [1.807, 2.05) is 0 Å². The molecule has 0 aliphatic carbocycles. The van der Waals surface area contributed by atoms with Crippen molar-refractivity contribution < 1.29 is 13.6 Å². The molecule has 19 heavy (non-hydrogen) atoms. The zero-order chi connectivity index (χ0) is 14.2. The fourth-order valence-electron chi connectivity index (χ4n) is 1.42. The van der Waals surface area contributed by atoms with Gasteiger partial charge in [-0.1, -0.05) is 0 Å². The van der Waals surface area contributed by atoms with Crippen LogP contribution in [0.15, 0.2) is 18.3 Å². The number of carbonyl (C=O) groups excluding carboxylic acids is 1. The maximum atomic E-state index is 13.6. The van der Waals surface area contributed by atoms with E-state index in [1.54, 1.807) is 14.1 Å². The van der Waals surface area contributed by atoms with Gasteiger partial charge in [-0.25, -0.2) is 18.4 Å². The molecular weight excluding hydrogens is 256 g/mol. The number of carbonyl (C=O) groups is 1. The Labute approximate surface area is 107 Å². The van der Waals surface area contributed by atoms with Gasteiger partial charge in [0.05, 0.1) is 0 Å². The van der Waals surface area contributed by atoms with Crippen molar-refractivity contribution >= 4 is 11.7 Å². The molecule has 0 aliphatic rings. The maximum absolute atomic E-state index is 13.6. The predicted octanol–water partition coefficient (Wildman–Crippen LogP) is 0.830. The molecule has 2 heterocycles. The summed E-state index contributed by atoms with van der Waals surface area (Å²) in [4.78, 5) is 16.5. The van der Waals surface area contributed by atoms with E-state index in [1.165, 1.54) is 17.2 Å². The van der Waals surface area contributed by atoms with Crippen LogP contribution >= 0.6 is 0 Å². The van der Waals surface area contributed by atoms with Gasteiger partial charge in [0.15, 0.2) is 29.0 Å². The topological polar surface area (TPSA) is 77.0 Å². The van der Waals surface area contributed by atoms with Gasteiger partial charge < -0.3 is 10.6 Å². The summed E-state index contributed by atoms with van der Waals surface area (Å²) in [5, 5.41) is 3.88. The molecule has 6 nitrogen and oxygen atoms in total. The van der Waals surface area contributed by atoms with Crippen LogP contribution in [-0.4, -0.2) is 39.7 Å². The number of aromatic nitrogens is 3. The third kappa shape index (κ3) is 2.37. The highest BCUT2D eigenvalue weighted by Crippen LogP contribution is 2.16. The Kier molecular flexibility index (Phi) is 3.16. The lowest BCUT2D eigenvalue weighted by atomic mass is 10.4. The molecule has 2 N–H and O–H groups in total. The van der Waals surface area contributed by atoms with E-state index in [4.69, 9.17) is 5.73 Å². The summed E-state index contributed by atoms with van der Waals surface area (Å²) in [6, 6.07) is 2.02. The average Bonchev–Trinajstić information content (AvgIpc) is 2.81. The van der Waals surface area contributed by atoms with Crippen LogP contribution in [0.1, 0.15) is 10.5 Å². The van der Waals surface area contributed by atoms with Crippen molar-refractivity contribution in [3.63, 3.8) is 0 Å². The van der Waals surface area contributed by atoms with Crippen molar-refractivity contribution in [3.05, 3.63) is 35.7 Å². The molecule has 0 atom stereocenters. The molecule has 0 fully saturated rings. The maximum Gasteiger partial charge on any atom is 0.273 e. The van der Waals surface area contributed by atoms with Crippen LogP contribution < -0.4 is 5.73 Å². The molecule has 0 saturated carbocycles. The predicted molar refractivity (Wildman–Crippen MR) is 63.7 cm³/mol. The van der Waals surface area contributed by atoms with Gasteiger partial charge in [-0.3, -0.25) is 4.79 Å². The number of anilines is 1. The fourth-order valence-corrected chi connectivity index (χ4v) is 1.42. The van der Waals surface area contributed by atoms with Crippen LogP contribution in [-0.2, 0) is 0 Å². The number of hydrogen-bond donors (Lipinski definition) is 1. The van der Waals surface area contributed by atoms with Crippen molar-refractivity contribution in [2.45, 2.75) is 0 Å². The van der Waals surface area contributed by atoms with E-state index >= 15 is 0 Å². The molecule has 0 saturated heterocycles. The van der Waals surface area contributed by atoms with Gasteiger partial charge in [-0.15, -0.1) is 0 Å². The zero-order valence-electron chi connectivity index (χ0n) is 10.3. The molecular formula is C11H11F2N5O. The summed E-state index contributed by atoms with van der Waals surface area (Å²) in [7, 11) is 3.13. The first-order valence-corrected chi connectivity index (χ1v) is 5.29. The number of pyridine rings is 1. The van der Waals surface area contributed by atoms with Crippen molar-refractivity contribution in [2.75, 3.05) is 19.8 Å². The summed E-state index contributed by atoms with van der Waals surface area (Å²) in [6.45, 7) is 0. The second kappa shape index (κ2) is 4.63. The van der Waals surface area contributed by atoms with Crippen LogP contribution in [0.5, 0.6) is 0 Å². The number of halogens is 2. The van der Waals surface area contributed by atoms with Gasteiger partial charge in [-0.2, -0.15) is 5.10 Å². The normalized spacial score (nSPS) is 10.5. The summed E-state index contributed by atoms with van der Waals surface area (Å²) in [5.41, 5.74) is 5.39. The van der Waals surface area contributed by atoms with E-state index in [-0.39, 0.29) is 17.4 Å². The molecule has 100 valence electrons. The van der Waals surface area contributed by atoms with Crippen molar-refractivity contribution in [2.24, 2.45) is 0 Å². The SMILES string of the molecule is CN(C)C(=O)c1ccn(-c2nc(N)c(F)cc2F)n1. The molecule has 8 heteroatoms. The largest absolute Gasteiger partial charge is 0.381 e. The molecule has 0 radical (unpaired) electrons. The van der Waals surface area contributed by atoms with Crippen LogP contribution in [0.3, 0.4) is 0 Å². The lowest BCUT2D eigenvalue weighted by molar-refractivity contribution is 0.0821. The first-order chi connectivity index (χ1) is 8.90. The number of nitrogens with two attached hydrogens (primary N) is 1. The molecule has 0 aromatic carbocycles. The molecule has 0 bridgehead atoms. The van der Waals surface area contributed by atoms with E-state index in [9.17, 15) is 13.6 Å². The van der Waals surface area contributed by atoms with Crippen molar-refractivity contribution in [3.8, 4) is 5.82 Å². The number of nitrogen functional groups attached to an aromatic ring is 1. The molecule has 2 rings (SSSR count). The summed E-state index contributed by atoms with van der Waals surface area (Å²) in [5.74, 6) is -2.91. The van der Waals surface area contributed by atoms with E-state index in [0.29, 0.717) is 6.07 Å². The van der Waals surface area contributed by atoms with E-state index in [2.05, 4.69) is 10.1 Å². The third-order valence-electron chi connectivity index (χ3n) is 2.37. The first-order valence-electron chi connectivity index (χ1n) is 5.29. The quantitative estimate of drug-likeness (QED) is 0.874. The number of rotatable bonds is 2. The van der Waals surface area contributed by atoms with Crippen LogP contribution in [0.25, 0.3) is 5.82 Å². The van der Waals surface area contributed by atoms with Crippen LogP contribution in [0, 0.1) is 11.6 Å². The minimum atomic E-state index is -0.946. The highest BCUT2D eigenvalue weighted by atomic mass is 19.1. The van der Waals surface area contributed by atoms with Gasteiger partial charge in [0.2, 0.25) is 0 Å². The number of amides is 1. The lowest BCUT2D eigenvalue weighted by Crippen LogP contribution is -2.22. The summed E-state index contributed by atoms with van der Waals surface area (Å²) >= 11 is 0. The van der Waals surface area contributed by atoms with E-state index in [0.717, 1.165) is 4.68 Å². The van der Waals surface area contributed by atoms with Gasteiger partial charge in [0, 0.05) is 26.4 Å². The highest BCUT2D eigenvalue weighted by molar-refractivity contribution is 5.91. The monoisotopic (exact) mass is 267 g/mol.